The predicted octanol–water partition coefficient (Wildman–Crippen LogP) is 1.92. The Labute approximate surface area is 106 Å². The van der Waals surface area contributed by atoms with E-state index in [2.05, 4.69) is 4.72 Å². The molecule has 6 nitrogen and oxygen atoms in total. The third-order valence-corrected chi connectivity index (χ3v) is 4.24. The molecule has 100 valence electrons. The van der Waals surface area contributed by atoms with Crippen molar-refractivity contribution in [2.45, 2.75) is 31.7 Å². The predicted molar refractivity (Wildman–Crippen MR) is 67.7 cm³/mol. The zero-order valence-corrected chi connectivity index (χ0v) is 11.3. The molecule has 0 saturated heterocycles. The number of nitrogens with zero attached hydrogens (tertiary/aromatic N) is 1. The number of nitro groups is 1. The van der Waals surface area contributed by atoms with E-state index in [1.54, 1.807) is 6.92 Å². The van der Waals surface area contributed by atoms with Crippen molar-refractivity contribution in [2.75, 3.05) is 0 Å². The number of rotatable bonds is 5. The second-order valence-electron chi connectivity index (χ2n) is 4.41. The smallest absolute Gasteiger partial charge is 0.258 e. The minimum atomic E-state index is -3.71. The van der Waals surface area contributed by atoms with Crippen LogP contribution in [0.25, 0.3) is 0 Å². The standard InChI is InChI=1S/C11H16N2O4S/c1-8(2)9(3)12-18(16,17)11-6-4-5-10(7-11)13(14)15/h4-9,12H,1-3H3. The summed E-state index contributed by atoms with van der Waals surface area (Å²) in [5, 5.41) is 10.6. The Bertz CT molecular complexity index is 540. The average Bonchev–Trinajstić information content (AvgIpc) is 2.28. The average molecular weight is 272 g/mol. The summed E-state index contributed by atoms with van der Waals surface area (Å²) < 4.78 is 26.5. The highest BCUT2D eigenvalue weighted by atomic mass is 32.2. The normalized spacial score (nSPS) is 13.6. The van der Waals surface area contributed by atoms with Crippen LogP contribution in [-0.2, 0) is 10.0 Å². The van der Waals surface area contributed by atoms with Crippen molar-refractivity contribution in [1.82, 2.24) is 4.72 Å². The van der Waals surface area contributed by atoms with Gasteiger partial charge in [0.1, 0.15) is 0 Å². The van der Waals surface area contributed by atoms with Gasteiger partial charge in [-0.3, -0.25) is 10.1 Å². The molecule has 1 aromatic carbocycles. The maximum Gasteiger partial charge on any atom is 0.270 e. The fourth-order valence-electron chi connectivity index (χ4n) is 1.21. The number of nitrogens with one attached hydrogen (secondary N) is 1. The SMILES string of the molecule is CC(C)C(C)NS(=O)(=O)c1cccc([N+](=O)[O-])c1. The summed E-state index contributed by atoms with van der Waals surface area (Å²) in [6, 6.07) is 4.75. The summed E-state index contributed by atoms with van der Waals surface area (Å²) in [6.07, 6.45) is 0. The second-order valence-corrected chi connectivity index (χ2v) is 6.12. The fourth-order valence-corrected chi connectivity index (χ4v) is 2.64. The molecule has 1 atom stereocenters. The quantitative estimate of drug-likeness (QED) is 0.655. The number of sulfonamides is 1. The number of benzene rings is 1. The lowest BCUT2D eigenvalue weighted by atomic mass is 10.1. The van der Waals surface area contributed by atoms with Crippen LogP contribution in [0.1, 0.15) is 20.8 Å². The maximum atomic E-state index is 12.0. The number of hydrogen-bond acceptors (Lipinski definition) is 4. The van der Waals surface area contributed by atoms with Gasteiger partial charge in [0.15, 0.2) is 0 Å². The number of hydrogen-bond donors (Lipinski definition) is 1. The van der Waals surface area contributed by atoms with Crippen LogP contribution in [0.5, 0.6) is 0 Å². The minimum Gasteiger partial charge on any atom is -0.258 e. The summed E-state index contributed by atoms with van der Waals surface area (Å²) in [7, 11) is -3.71. The lowest BCUT2D eigenvalue weighted by Gasteiger charge is -2.17. The molecule has 0 fully saturated rings. The van der Waals surface area contributed by atoms with E-state index in [1.165, 1.54) is 18.2 Å². The van der Waals surface area contributed by atoms with Crippen LogP contribution in [0.2, 0.25) is 0 Å². The molecule has 0 amide bonds. The second kappa shape index (κ2) is 5.45. The van der Waals surface area contributed by atoms with Crippen molar-refractivity contribution in [2.24, 2.45) is 5.92 Å². The van der Waals surface area contributed by atoms with Crippen LogP contribution in [0.3, 0.4) is 0 Å². The molecule has 1 rings (SSSR count). The summed E-state index contributed by atoms with van der Waals surface area (Å²) in [5.41, 5.74) is -0.241. The van der Waals surface area contributed by atoms with Gasteiger partial charge in [-0.05, 0) is 18.9 Å². The fraction of sp³-hybridized carbons (Fsp3) is 0.455. The van der Waals surface area contributed by atoms with Crippen molar-refractivity contribution in [3.63, 3.8) is 0 Å². The summed E-state index contributed by atoms with van der Waals surface area (Å²) in [5.74, 6) is 0.137. The Morgan fingerprint density at radius 3 is 2.39 bits per heavy atom. The Morgan fingerprint density at radius 1 is 1.28 bits per heavy atom. The molecule has 1 N–H and O–H groups in total. The van der Waals surface area contributed by atoms with E-state index in [0.29, 0.717) is 0 Å². The highest BCUT2D eigenvalue weighted by Crippen LogP contribution is 2.18. The van der Waals surface area contributed by atoms with Crippen LogP contribution < -0.4 is 4.72 Å². The molecule has 7 heteroatoms. The van der Waals surface area contributed by atoms with Gasteiger partial charge >= 0.3 is 0 Å². The van der Waals surface area contributed by atoms with Crippen molar-refractivity contribution < 1.29 is 13.3 Å². The highest BCUT2D eigenvalue weighted by Gasteiger charge is 2.21. The molecular weight excluding hydrogens is 256 g/mol. The number of non-ortho nitro benzene ring substituents is 1. The van der Waals surface area contributed by atoms with Gasteiger partial charge in [-0.15, -0.1) is 0 Å². The van der Waals surface area contributed by atoms with E-state index in [-0.39, 0.29) is 22.5 Å². The summed E-state index contributed by atoms with van der Waals surface area (Å²) >= 11 is 0. The van der Waals surface area contributed by atoms with Gasteiger partial charge in [-0.1, -0.05) is 19.9 Å². The maximum absolute atomic E-state index is 12.0. The van der Waals surface area contributed by atoms with E-state index in [1.807, 2.05) is 13.8 Å². The van der Waals surface area contributed by atoms with Crippen molar-refractivity contribution >= 4 is 15.7 Å². The van der Waals surface area contributed by atoms with Crippen LogP contribution >= 0.6 is 0 Å². The van der Waals surface area contributed by atoms with E-state index in [0.717, 1.165) is 6.07 Å². The highest BCUT2D eigenvalue weighted by molar-refractivity contribution is 7.89. The van der Waals surface area contributed by atoms with E-state index < -0.39 is 14.9 Å². The summed E-state index contributed by atoms with van der Waals surface area (Å²) in [6.45, 7) is 5.53. The molecule has 1 unspecified atom stereocenters. The van der Waals surface area contributed by atoms with Gasteiger partial charge in [0.05, 0.1) is 9.82 Å². The van der Waals surface area contributed by atoms with Crippen molar-refractivity contribution in [1.29, 1.82) is 0 Å². The van der Waals surface area contributed by atoms with Crippen molar-refractivity contribution in [3.8, 4) is 0 Å². The van der Waals surface area contributed by atoms with Gasteiger partial charge in [0.25, 0.3) is 5.69 Å². The number of nitro benzene ring substituents is 1. The third-order valence-electron chi connectivity index (χ3n) is 2.68. The topological polar surface area (TPSA) is 89.3 Å². The Hall–Kier alpha value is -1.47. The van der Waals surface area contributed by atoms with Crippen LogP contribution in [0.4, 0.5) is 5.69 Å². The molecule has 0 aromatic heterocycles. The molecule has 0 saturated carbocycles. The zero-order valence-electron chi connectivity index (χ0n) is 10.5. The lowest BCUT2D eigenvalue weighted by molar-refractivity contribution is -0.385. The van der Waals surface area contributed by atoms with Gasteiger partial charge in [0, 0.05) is 18.2 Å². The molecule has 0 bridgehead atoms. The first-order valence-corrected chi connectivity index (χ1v) is 6.99. The Kier molecular flexibility index (Phi) is 4.42. The van der Waals surface area contributed by atoms with E-state index in [9.17, 15) is 18.5 Å². The van der Waals surface area contributed by atoms with Gasteiger partial charge in [0.2, 0.25) is 10.0 Å². The van der Waals surface area contributed by atoms with Gasteiger partial charge in [-0.2, -0.15) is 0 Å². The zero-order chi connectivity index (χ0) is 13.9. The molecule has 1 aromatic rings. The Balaban J connectivity index is 3.05. The first-order chi connectivity index (χ1) is 8.24. The molecule has 0 heterocycles. The molecule has 0 radical (unpaired) electrons. The largest absolute Gasteiger partial charge is 0.270 e. The van der Waals surface area contributed by atoms with Gasteiger partial charge < -0.3 is 0 Å². The summed E-state index contributed by atoms with van der Waals surface area (Å²) in [4.78, 5) is 9.89. The first kappa shape index (κ1) is 14.6. The molecule has 0 aliphatic heterocycles. The molecule has 0 aliphatic rings. The monoisotopic (exact) mass is 272 g/mol. The molecule has 18 heavy (non-hydrogen) atoms. The van der Waals surface area contributed by atoms with E-state index >= 15 is 0 Å². The van der Waals surface area contributed by atoms with Crippen LogP contribution in [0, 0.1) is 16.0 Å². The lowest BCUT2D eigenvalue weighted by Crippen LogP contribution is -2.36. The molecular formula is C11H16N2O4S. The first-order valence-electron chi connectivity index (χ1n) is 5.51. The van der Waals surface area contributed by atoms with Crippen LogP contribution in [-0.4, -0.2) is 19.4 Å². The van der Waals surface area contributed by atoms with E-state index in [4.69, 9.17) is 0 Å². The molecule has 0 aliphatic carbocycles. The van der Waals surface area contributed by atoms with Crippen LogP contribution in [0.15, 0.2) is 29.2 Å². The molecule has 0 spiro atoms. The third kappa shape index (κ3) is 3.51. The Morgan fingerprint density at radius 2 is 1.89 bits per heavy atom. The minimum absolute atomic E-state index is 0.0933. The van der Waals surface area contributed by atoms with Crippen molar-refractivity contribution in [3.05, 3.63) is 34.4 Å². The van der Waals surface area contributed by atoms with Gasteiger partial charge in [-0.25, -0.2) is 13.1 Å².